The van der Waals surface area contributed by atoms with Crippen LogP contribution in [-0.2, 0) is 4.74 Å². The van der Waals surface area contributed by atoms with E-state index in [0.717, 1.165) is 32.1 Å². The monoisotopic (exact) mass is 251 g/mol. The summed E-state index contributed by atoms with van der Waals surface area (Å²) in [6, 6.07) is 2.45. The van der Waals surface area contributed by atoms with Crippen molar-refractivity contribution in [1.29, 1.82) is 5.26 Å². The highest BCUT2D eigenvalue weighted by molar-refractivity contribution is 5.13. The second kappa shape index (κ2) is 4.83. The molecule has 1 atom stereocenters. The number of hydrogen-bond donors (Lipinski definition) is 1. The SMILES string of the molecule is CC1(C)CCCC(O)(C2(C#N)CCOCC2)CC1. The van der Waals surface area contributed by atoms with Gasteiger partial charge in [0.1, 0.15) is 0 Å². The summed E-state index contributed by atoms with van der Waals surface area (Å²) in [4.78, 5) is 0. The van der Waals surface area contributed by atoms with Crippen LogP contribution in [0.5, 0.6) is 0 Å². The summed E-state index contributed by atoms with van der Waals surface area (Å²) in [7, 11) is 0. The van der Waals surface area contributed by atoms with Gasteiger partial charge in [-0.3, -0.25) is 0 Å². The van der Waals surface area contributed by atoms with E-state index < -0.39 is 11.0 Å². The first-order valence-corrected chi connectivity index (χ1v) is 7.15. The molecule has 1 aliphatic heterocycles. The quantitative estimate of drug-likeness (QED) is 0.729. The first kappa shape index (κ1) is 13.8. The number of nitriles is 1. The van der Waals surface area contributed by atoms with Crippen LogP contribution in [-0.4, -0.2) is 23.9 Å². The van der Waals surface area contributed by atoms with Gasteiger partial charge >= 0.3 is 0 Å². The van der Waals surface area contributed by atoms with Crippen molar-refractivity contribution in [2.45, 2.75) is 64.4 Å². The normalized spacial score (nSPS) is 35.4. The van der Waals surface area contributed by atoms with E-state index >= 15 is 0 Å². The molecule has 0 radical (unpaired) electrons. The van der Waals surface area contributed by atoms with Gasteiger partial charge in [0.15, 0.2) is 0 Å². The van der Waals surface area contributed by atoms with Crippen LogP contribution >= 0.6 is 0 Å². The van der Waals surface area contributed by atoms with Crippen LogP contribution in [0.3, 0.4) is 0 Å². The van der Waals surface area contributed by atoms with E-state index in [0.29, 0.717) is 31.5 Å². The summed E-state index contributed by atoms with van der Waals surface area (Å²) in [5.41, 5.74) is -1.09. The van der Waals surface area contributed by atoms with Crippen molar-refractivity contribution in [3.63, 3.8) is 0 Å². The summed E-state index contributed by atoms with van der Waals surface area (Å²) in [5, 5.41) is 20.7. The predicted molar refractivity (Wildman–Crippen MR) is 69.9 cm³/mol. The molecule has 0 aromatic carbocycles. The lowest BCUT2D eigenvalue weighted by Gasteiger charge is -2.44. The molecule has 2 aliphatic rings. The molecule has 1 saturated carbocycles. The maximum absolute atomic E-state index is 11.1. The van der Waals surface area contributed by atoms with E-state index in [-0.39, 0.29) is 0 Å². The number of aliphatic hydroxyl groups is 1. The van der Waals surface area contributed by atoms with Gasteiger partial charge in [-0.05, 0) is 43.9 Å². The van der Waals surface area contributed by atoms with E-state index in [1.54, 1.807) is 0 Å². The molecular formula is C15H25NO2. The van der Waals surface area contributed by atoms with Crippen LogP contribution in [0, 0.1) is 22.2 Å². The zero-order valence-corrected chi connectivity index (χ0v) is 11.7. The fourth-order valence-corrected chi connectivity index (χ4v) is 3.53. The van der Waals surface area contributed by atoms with Crippen molar-refractivity contribution < 1.29 is 9.84 Å². The number of rotatable bonds is 1. The Morgan fingerprint density at radius 1 is 1.00 bits per heavy atom. The topological polar surface area (TPSA) is 53.2 Å². The van der Waals surface area contributed by atoms with E-state index in [2.05, 4.69) is 19.9 Å². The second-order valence-electron chi connectivity index (χ2n) is 6.86. The third-order valence-corrected chi connectivity index (χ3v) is 5.11. The molecule has 3 heteroatoms. The Bertz CT molecular complexity index is 339. The van der Waals surface area contributed by atoms with Gasteiger partial charge in [-0.15, -0.1) is 0 Å². The molecule has 1 saturated heterocycles. The van der Waals surface area contributed by atoms with Gasteiger partial charge in [-0.25, -0.2) is 0 Å². The van der Waals surface area contributed by atoms with Crippen LogP contribution in [0.2, 0.25) is 0 Å². The van der Waals surface area contributed by atoms with Crippen molar-refractivity contribution in [3.05, 3.63) is 0 Å². The molecule has 2 fully saturated rings. The van der Waals surface area contributed by atoms with Crippen LogP contribution in [0.4, 0.5) is 0 Å². The zero-order valence-electron chi connectivity index (χ0n) is 11.7. The van der Waals surface area contributed by atoms with Gasteiger partial charge in [-0.1, -0.05) is 20.3 Å². The van der Waals surface area contributed by atoms with Gasteiger partial charge < -0.3 is 9.84 Å². The third kappa shape index (κ3) is 2.41. The molecule has 18 heavy (non-hydrogen) atoms. The Labute approximate surface area is 110 Å². The highest BCUT2D eigenvalue weighted by Gasteiger charge is 2.52. The van der Waals surface area contributed by atoms with E-state index in [9.17, 15) is 10.4 Å². The molecule has 0 spiro atoms. The summed E-state index contributed by atoms with van der Waals surface area (Å²) in [6.45, 7) is 5.75. The molecule has 0 bridgehead atoms. The van der Waals surface area contributed by atoms with Crippen molar-refractivity contribution in [3.8, 4) is 6.07 Å². The molecule has 0 aromatic heterocycles. The van der Waals surface area contributed by atoms with Crippen molar-refractivity contribution >= 4 is 0 Å². The lowest BCUT2D eigenvalue weighted by molar-refractivity contribution is -0.113. The van der Waals surface area contributed by atoms with Crippen LogP contribution in [0.15, 0.2) is 0 Å². The molecule has 1 unspecified atom stereocenters. The highest BCUT2D eigenvalue weighted by atomic mass is 16.5. The summed E-state index contributed by atoms with van der Waals surface area (Å²) in [6.07, 6.45) is 6.06. The zero-order chi connectivity index (χ0) is 13.3. The lowest BCUT2D eigenvalue weighted by atomic mass is 9.64. The third-order valence-electron chi connectivity index (χ3n) is 5.11. The number of nitrogens with zero attached hydrogens (tertiary/aromatic N) is 1. The Morgan fingerprint density at radius 3 is 2.28 bits per heavy atom. The molecule has 1 aliphatic carbocycles. The van der Waals surface area contributed by atoms with Gasteiger partial charge in [-0.2, -0.15) is 5.26 Å². The summed E-state index contributed by atoms with van der Waals surface area (Å²) in [5.74, 6) is 0. The van der Waals surface area contributed by atoms with Gasteiger partial charge in [0.2, 0.25) is 0 Å². The van der Waals surface area contributed by atoms with Gasteiger partial charge in [0.05, 0.1) is 17.1 Å². The number of hydrogen-bond acceptors (Lipinski definition) is 3. The lowest BCUT2D eigenvalue weighted by Crippen LogP contribution is -2.50. The first-order valence-electron chi connectivity index (χ1n) is 7.15. The van der Waals surface area contributed by atoms with Crippen molar-refractivity contribution in [2.24, 2.45) is 10.8 Å². The van der Waals surface area contributed by atoms with Crippen molar-refractivity contribution in [1.82, 2.24) is 0 Å². The molecule has 1 heterocycles. The van der Waals surface area contributed by atoms with Crippen LogP contribution in [0.25, 0.3) is 0 Å². The molecule has 0 amide bonds. The van der Waals surface area contributed by atoms with E-state index in [1.807, 2.05) is 0 Å². The van der Waals surface area contributed by atoms with Crippen molar-refractivity contribution in [2.75, 3.05) is 13.2 Å². The standard InChI is InChI=1S/C15H25NO2/c1-13(2)4-3-5-15(17,7-6-13)14(12-16)8-10-18-11-9-14/h17H,3-11H2,1-2H3. The summed E-state index contributed by atoms with van der Waals surface area (Å²) >= 11 is 0. The molecule has 102 valence electrons. The summed E-state index contributed by atoms with van der Waals surface area (Å²) < 4.78 is 5.37. The largest absolute Gasteiger partial charge is 0.388 e. The number of ether oxygens (including phenoxy) is 1. The van der Waals surface area contributed by atoms with Crippen LogP contribution in [0.1, 0.15) is 58.8 Å². The molecule has 3 nitrogen and oxygen atoms in total. The Balaban J connectivity index is 2.21. The smallest absolute Gasteiger partial charge is 0.0903 e. The Morgan fingerprint density at radius 2 is 1.67 bits per heavy atom. The van der Waals surface area contributed by atoms with E-state index in [4.69, 9.17) is 4.74 Å². The Kier molecular flexibility index (Phi) is 3.71. The molecule has 0 aromatic rings. The highest BCUT2D eigenvalue weighted by Crippen LogP contribution is 2.50. The maximum Gasteiger partial charge on any atom is 0.0903 e. The molecule has 2 rings (SSSR count). The van der Waals surface area contributed by atoms with E-state index in [1.165, 1.54) is 0 Å². The molecular weight excluding hydrogens is 226 g/mol. The first-order chi connectivity index (χ1) is 8.43. The fourth-order valence-electron chi connectivity index (χ4n) is 3.53. The van der Waals surface area contributed by atoms with Crippen LogP contribution < -0.4 is 0 Å². The molecule has 1 N–H and O–H groups in total. The Hall–Kier alpha value is -0.590. The average molecular weight is 251 g/mol. The minimum absolute atomic E-state index is 0.298. The second-order valence-corrected chi connectivity index (χ2v) is 6.86. The minimum atomic E-state index is -0.806. The minimum Gasteiger partial charge on any atom is -0.388 e. The van der Waals surface area contributed by atoms with Gasteiger partial charge in [0.25, 0.3) is 0 Å². The average Bonchev–Trinajstić information content (AvgIpc) is 2.50. The fraction of sp³-hybridized carbons (Fsp3) is 0.933. The predicted octanol–water partition coefficient (Wildman–Crippen LogP) is 3.03. The maximum atomic E-state index is 11.1. The van der Waals surface area contributed by atoms with Gasteiger partial charge in [0, 0.05) is 13.2 Å².